The van der Waals surface area contributed by atoms with Gasteiger partial charge in [0, 0.05) is 42.5 Å². The van der Waals surface area contributed by atoms with Gasteiger partial charge in [-0.2, -0.15) is 10.4 Å². The number of rotatable bonds is 7. The lowest BCUT2D eigenvalue weighted by atomic mass is 10.1. The molecule has 6 heteroatoms. The number of nitriles is 1. The van der Waals surface area contributed by atoms with Crippen LogP contribution in [0.4, 0.5) is 5.69 Å². The van der Waals surface area contributed by atoms with Gasteiger partial charge in [0.25, 0.3) is 5.91 Å². The van der Waals surface area contributed by atoms with Gasteiger partial charge >= 0.3 is 0 Å². The van der Waals surface area contributed by atoms with E-state index in [0.717, 1.165) is 24.8 Å². The van der Waals surface area contributed by atoms with Crippen LogP contribution in [-0.4, -0.2) is 20.7 Å². The van der Waals surface area contributed by atoms with E-state index in [-0.39, 0.29) is 5.57 Å². The largest absolute Gasteiger partial charge is 0.321 e. The summed E-state index contributed by atoms with van der Waals surface area (Å²) in [6.45, 7) is 2.16. The third-order valence-corrected chi connectivity index (χ3v) is 4.51. The van der Waals surface area contributed by atoms with Crippen molar-refractivity contribution in [1.29, 1.82) is 5.26 Å². The SMILES string of the molecule is CCCCc1ccc(NC(=O)C(C#N)=Cc2cn(C)nc2-c2ccncc2)cc1. The second-order valence-corrected chi connectivity index (χ2v) is 6.77. The first-order valence-corrected chi connectivity index (χ1v) is 9.57. The van der Waals surface area contributed by atoms with Crippen LogP contribution in [0.25, 0.3) is 17.3 Å². The lowest BCUT2D eigenvalue weighted by Crippen LogP contribution is -2.13. The normalized spacial score (nSPS) is 11.1. The standard InChI is InChI=1S/C23H23N5O/c1-3-4-5-17-6-8-21(9-7-17)26-23(29)19(15-24)14-20-16-28(2)27-22(20)18-10-12-25-13-11-18/h6-14,16H,3-5H2,1-2H3,(H,26,29). The smallest absolute Gasteiger partial charge is 0.266 e. The van der Waals surface area contributed by atoms with Gasteiger partial charge in [-0.25, -0.2) is 0 Å². The Balaban J connectivity index is 1.80. The number of anilines is 1. The van der Waals surface area contributed by atoms with Gasteiger partial charge in [-0.15, -0.1) is 0 Å². The molecule has 2 aromatic heterocycles. The van der Waals surface area contributed by atoms with Gasteiger partial charge in [0.1, 0.15) is 11.6 Å². The molecule has 0 aliphatic rings. The molecular formula is C23H23N5O. The monoisotopic (exact) mass is 385 g/mol. The Morgan fingerprint density at radius 1 is 1.21 bits per heavy atom. The number of carbonyl (C=O) groups is 1. The molecule has 0 spiro atoms. The number of benzene rings is 1. The van der Waals surface area contributed by atoms with Crippen molar-refractivity contribution in [3.05, 3.63) is 71.7 Å². The third-order valence-electron chi connectivity index (χ3n) is 4.51. The summed E-state index contributed by atoms with van der Waals surface area (Å²) < 4.78 is 1.66. The molecule has 0 saturated carbocycles. The third kappa shape index (κ3) is 5.17. The molecule has 0 bridgehead atoms. The molecule has 3 rings (SSSR count). The highest BCUT2D eigenvalue weighted by Crippen LogP contribution is 2.23. The number of pyridine rings is 1. The fourth-order valence-corrected chi connectivity index (χ4v) is 2.98. The van der Waals surface area contributed by atoms with Crippen LogP contribution in [0.2, 0.25) is 0 Å². The van der Waals surface area contributed by atoms with Crippen molar-refractivity contribution < 1.29 is 4.79 Å². The summed E-state index contributed by atoms with van der Waals surface area (Å²) in [5.74, 6) is -0.446. The molecule has 3 aromatic rings. The molecule has 1 aromatic carbocycles. The number of hydrogen-bond donors (Lipinski definition) is 1. The minimum Gasteiger partial charge on any atom is -0.321 e. The molecule has 0 aliphatic heterocycles. The number of nitrogens with one attached hydrogen (secondary N) is 1. The van der Waals surface area contributed by atoms with Crippen LogP contribution < -0.4 is 5.32 Å². The highest BCUT2D eigenvalue weighted by Gasteiger charge is 2.14. The topological polar surface area (TPSA) is 83.6 Å². The zero-order chi connectivity index (χ0) is 20.6. The van der Waals surface area contributed by atoms with E-state index >= 15 is 0 Å². The van der Waals surface area contributed by atoms with Crippen molar-refractivity contribution in [3.63, 3.8) is 0 Å². The van der Waals surface area contributed by atoms with Gasteiger partial charge in [0.05, 0.1) is 5.69 Å². The van der Waals surface area contributed by atoms with Crippen LogP contribution in [-0.2, 0) is 18.3 Å². The van der Waals surface area contributed by atoms with E-state index in [0.29, 0.717) is 16.9 Å². The van der Waals surface area contributed by atoms with Crippen molar-refractivity contribution in [2.24, 2.45) is 7.05 Å². The molecular weight excluding hydrogens is 362 g/mol. The molecule has 1 N–H and O–H groups in total. The van der Waals surface area contributed by atoms with Crippen LogP contribution in [0.5, 0.6) is 0 Å². The summed E-state index contributed by atoms with van der Waals surface area (Å²) in [4.78, 5) is 16.6. The summed E-state index contributed by atoms with van der Waals surface area (Å²) in [7, 11) is 1.80. The van der Waals surface area contributed by atoms with E-state index in [2.05, 4.69) is 22.3 Å². The molecule has 1 amide bonds. The van der Waals surface area contributed by atoms with Gasteiger partial charge in [-0.3, -0.25) is 14.5 Å². The summed E-state index contributed by atoms with van der Waals surface area (Å²) in [5, 5.41) is 16.8. The van der Waals surface area contributed by atoms with Gasteiger partial charge < -0.3 is 5.32 Å². The second kappa shape index (κ2) is 9.47. The predicted molar refractivity (Wildman–Crippen MR) is 114 cm³/mol. The first kappa shape index (κ1) is 20.0. The number of nitrogens with zero attached hydrogens (tertiary/aromatic N) is 4. The number of unbranched alkanes of at least 4 members (excludes halogenated alkanes) is 1. The quantitative estimate of drug-likeness (QED) is 0.483. The van der Waals surface area contributed by atoms with Crippen LogP contribution in [0.1, 0.15) is 30.9 Å². The zero-order valence-electron chi connectivity index (χ0n) is 16.6. The van der Waals surface area contributed by atoms with E-state index in [1.165, 1.54) is 5.56 Å². The summed E-state index contributed by atoms with van der Waals surface area (Å²) in [6.07, 6.45) is 10.0. The zero-order valence-corrected chi connectivity index (χ0v) is 16.6. The van der Waals surface area contributed by atoms with Crippen molar-refractivity contribution in [2.45, 2.75) is 26.2 Å². The maximum atomic E-state index is 12.6. The van der Waals surface area contributed by atoms with Gasteiger partial charge in [-0.1, -0.05) is 25.5 Å². The van der Waals surface area contributed by atoms with Gasteiger partial charge in [0.15, 0.2) is 0 Å². The highest BCUT2D eigenvalue weighted by atomic mass is 16.1. The van der Waals surface area contributed by atoms with E-state index in [4.69, 9.17) is 0 Å². The second-order valence-electron chi connectivity index (χ2n) is 6.77. The number of carbonyl (C=O) groups excluding carboxylic acids is 1. The van der Waals surface area contributed by atoms with Gasteiger partial charge in [-0.05, 0) is 48.7 Å². The summed E-state index contributed by atoms with van der Waals surface area (Å²) >= 11 is 0. The molecule has 0 atom stereocenters. The van der Waals surface area contributed by atoms with Crippen LogP contribution in [0.3, 0.4) is 0 Å². The van der Waals surface area contributed by atoms with E-state index in [1.54, 1.807) is 36.4 Å². The molecule has 0 aliphatic carbocycles. The summed E-state index contributed by atoms with van der Waals surface area (Å²) in [5.41, 5.74) is 4.17. The lowest BCUT2D eigenvalue weighted by molar-refractivity contribution is -0.112. The fourth-order valence-electron chi connectivity index (χ4n) is 2.98. The maximum absolute atomic E-state index is 12.6. The average molecular weight is 385 g/mol. The minimum absolute atomic E-state index is 0.0170. The molecule has 2 heterocycles. The average Bonchev–Trinajstić information content (AvgIpc) is 3.12. The van der Waals surface area contributed by atoms with Crippen molar-refractivity contribution >= 4 is 17.7 Å². The minimum atomic E-state index is -0.446. The molecule has 0 radical (unpaired) electrons. The molecule has 146 valence electrons. The maximum Gasteiger partial charge on any atom is 0.266 e. The number of amides is 1. The van der Waals surface area contributed by atoms with Crippen LogP contribution in [0.15, 0.2) is 60.6 Å². The number of aromatic nitrogens is 3. The Morgan fingerprint density at radius 3 is 2.59 bits per heavy atom. The Morgan fingerprint density at radius 2 is 1.93 bits per heavy atom. The predicted octanol–water partition coefficient (Wildman–Crippen LogP) is 4.37. The fraction of sp³-hybridized carbons (Fsp3) is 0.217. The van der Waals surface area contributed by atoms with Crippen LogP contribution >= 0.6 is 0 Å². The molecule has 29 heavy (non-hydrogen) atoms. The number of hydrogen-bond acceptors (Lipinski definition) is 4. The molecule has 6 nitrogen and oxygen atoms in total. The van der Waals surface area contributed by atoms with Crippen molar-refractivity contribution in [1.82, 2.24) is 14.8 Å². The Hall–Kier alpha value is -3.72. The molecule has 0 unspecified atom stereocenters. The van der Waals surface area contributed by atoms with Crippen molar-refractivity contribution in [3.8, 4) is 17.3 Å². The van der Waals surface area contributed by atoms with E-state index < -0.39 is 5.91 Å². The Bertz CT molecular complexity index is 1040. The summed E-state index contributed by atoms with van der Waals surface area (Å²) in [6, 6.07) is 13.4. The van der Waals surface area contributed by atoms with Crippen LogP contribution in [0, 0.1) is 11.3 Å². The molecule has 0 fully saturated rings. The lowest BCUT2D eigenvalue weighted by Gasteiger charge is -2.06. The first-order valence-electron chi connectivity index (χ1n) is 9.57. The Kier molecular flexibility index (Phi) is 6.54. The van der Waals surface area contributed by atoms with E-state index in [1.807, 2.05) is 42.5 Å². The van der Waals surface area contributed by atoms with Gasteiger partial charge in [0.2, 0.25) is 0 Å². The highest BCUT2D eigenvalue weighted by molar-refractivity contribution is 6.10. The first-order chi connectivity index (χ1) is 14.1. The Labute approximate surface area is 170 Å². The number of aryl methyl sites for hydroxylation is 2. The van der Waals surface area contributed by atoms with Crippen molar-refractivity contribution in [2.75, 3.05) is 5.32 Å². The molecule has 0 saturated heterocycles. The van der Waals surface area contributed by atoms with E-state index in [9.17, 15) is 10.1 Å².